The van der Waals surface area contributed by atoms with Crippen LogP contribution in [0.3, 0.4) is 0 Å². The number of nitrogens with zero attached hydrogens (tertiary/aromatic N) is 1. The van der Waals surface area contributed by atoms with Crippen molar-refractivity contribution < 1.29 is 33.3 Å². The number of fused-ring (bicyclic) bond motifs is 3. The molecule has 1 saturated heterocycles. The number of ether oxygens (including phenoxy) is 5. The van der Waals surface area contributed by atoms with Crippen LogP contribution >= 0.6 is 0 Å². The molecule has 0 unspecified atom stereocenters. The molecule has 8 heteroatoms. The van der Waals surface area contributed by atoms with E-state index in [1.54, 1.807) is 35.2 Å². The van der Waals surface area contributed by atoms with Crippen LogP contribution in [0.1, 0.15) is 42.5 Å². The first-order chi connectivity index (χ1) is 17.0. The van der Waals surface area contributed by atoms with Crippen LogP contribution in [0.5, 0.6) is 17.2 Å². The minimum absolute atomic E-state index is 0.250. The van der Waals surface area contributed by atoms with Crippen molar-refractivity contribution in [3.63, 3.8) is 0 Å². The maximum absolute atomic E-state index is 13.5. The fraction of sp³-hybridized carbons (Fsp3) is 0.481. The van der Waals surface area contributed by atoms with Gasteiger partial charge in [0.25, 0.3) is 0 Å². The van der Waals surface area contributed by atoms with Crippen LogP contribution in [0.2, 0.25) is 0 Å². The van der Waals surface area contributed by atoms with Crippen LogP contribution in [0.25, 0.3) is 0 Å². The Labute approximate surface area is 206 Å². The van der Waals surface area contributed by atoms with Gasteiger partial charge < -0.3 is 23.7 Å². The van der Waals surface area contributed by atoms with Crippen LogP contribution in [0.15, 0.2) is 36.4 Å². The van der Waals surface area contributed by atoms with Crippen molar-refractivity contribution in [2.75, 3.05) is 41.1 Å². The summed E-state index contributed by atoms with van der Waals surface area (Å²) in [6.07, 6.45) is 0.701. The smallest absolute Gasteiger partial charge is 0.324 e. The predicted octanol–water partition coefficient (Wildman–Crippen LogP) is 3.52. The average molecular weight is 484 g/mol. The predicted molar refractivity (Wildman–Crippen MR) is 129 cm³/mol. The van der Waals surface area contributed by atoms with Gasteiger partial charge in [-0.15, -0.1) is 0 Å². The zero-order valence-electron chi connectivity index (χ0n) is 20.9. The van der Waals surface area contributed by atoms with Gasteiger partial charge in [0.2, 0.25) is 0 Å². The molecule has 2 aromatic carbocycles. The number of carbonyl (C=O) groups is 2. The van der Waals surface area contributed by atoms with Crippen molar-refractivity contribution in [3.8, 4) is 17.2 Å². The van der Waals surface area contributed by atoms with Gasteiger partial charge in [-0.2, -0.15) is 0 Å². The highest BCUT2D eigenvalue weighted by Crippen LogP contribution is 2.54. The summed E-state index contributed by atoms with van der Waals surface area (Å²) in [4.78, 5) is 29.0. The number of rotatable bonds is 8. The Balaban J connectivity index is 1.90. The quantitative estimate of drug-likeness (QED) is 0.528. The van der Waals surface area contributed by atoms with E-state index in [1.165, 1.54) is 0 Å². The molecule has 2 heterocycles. The molecule has 0 spiro atoms. The van der Waals surface area contributed by atoms with Crippen LogP contribution in [-0.4, -0.2) is 64.0 Å². The first-order valence-electron chi connectivity index (χ1n) is 12.0. The highest BCUT2D eigenvalue weighted by molar-refractivity contribution is 5.84. The van der Waals surface area contributed by atoms with E-state index in [4.69, 9.17) is 23.7 Å². The zero-order valence-corrected chi connectivity index (χ0v) is 20.9. The number of methoxy groups -OCH3 is 3. The molecule has 35 heavy (non-hydrogen) atoms. The van der Waals surface area contributed by atoms with Gasteiger partial charge in [0.05, 0.1) is 46.5 Å². The number of hydrogen-bond acceptors (Lipinski definition) is 8. The molecule has 4 rings (SSSR count). The fourth-order valence-electron chi connectivity index (χ4n) is 5.55. The van der Waals surface area contributed by atoms with Crippen molar-refractivity contribution in [1.29, 1.82) is 0 Å². The molecule has 0 aliphatic carbocycles. The summed E-state index contributed by atoms with van der Waals surface area (Å²) in [6, 6.07) is 10.4. The summed E-state index contributed by atoms with van der Waals surface area (Å²) in [5.41, 5.74) is 2.87. The Morgan fingerprint density at radius 1 is 0.886 bits per heavy atom. The number of carbonyl (C=O) groups excluding carboxylic acids is 2. The SMILES string of the molecule is CCOC(=O)[C@@H]1[C@@H](c2ccc(OC)cc2)[C@@H](C(=O)OCC)N2CCc3cc(OC)c(OC)cc3[C@@H]12. The fourth-order valence-corrected chi connectivity index (χ4v) is 5.55. The third-order valence-electron chi connectivity index (χ3n) is 6.97. The lowest BCUT2D eigenvalue weighted by Gasteiger charge is -2.36. The first-order valence-corrected chi connectivity index (χ1v) is 12.0. The van der Waals surface area contributed by atoms with Crippen molar-refractivity contribution >= 4 is 11.9 Å². The molecule has 2 aliphatic rings. The van der Waals surface area contributed by atoms with Crippen molar-refractivity contribution in [3.05, 3.63) is 53.1 Å². The second-order valence-corrected chi connectivity index (χ2v) is 8.61. The highest BCUT2D eigenvalue weighted by Gasteiger charge is 2.58. The van der Waals surface area contributed by atoms with E-state index in [2.05, 4.69) is 4.90 Å². The third kappa shape index (κ3) is 4.43. The van der Waals surface area contributed by atoms with Crippen molar-refractivity contribution in [2.45, 2.75) is 38.3 Å². The zero-order chi connectivity index (χ0) is 25.1. The molecule has 0 saturated carbocycles. The molecule has 0 N–H and O–H groups in total. The van der Waals surface area contributed by atoms with E-state index >= 15 is 0 Å². The van der Waals surface area contributed by atoms with Crippen LogP contribution in [-0.2, 0) is 25.5 Å². The van der Waals surface area contributed by atoms with Gasteiger partial charge in [0.1, 0.15) is 11.8 Å². The number of hydrogen-bond donors (Lipinski definition) is 0. The van der Waals surface area contributed by atoms with Crippen LogP contribution < -0.4 is 14.2 Å². The van der Waals surface area contributed by atoms with E-state index < -0.39 is 17.9 Å². The Morgan fingerprint density at radius 2 is 1.51 bits per heavy atom. The minimum atomic E-state index is -0.635. The highest BCUT2D eigenvalue weighted by atomic mass is 16.5. The Morgan fingerprint density at radius 3 is 2.11 bits per heavy atom. The normalized spacial score (nSPS) is 23.1. The standard InChI is InChI=1S/C27H33NO7/c1-6-34-26(29)23-22(16-8-10-18(31-3)11-9-16)25(27(30)35-7-2)28-13-12-17-14-20(32-4)21(33-5)15-19(17)24(23)28/h8-11,14-15,22-25H,6-7,12-13H2,1-5H3/t22-,23-,24+,25+/m1/s1. The lowest BCUT2D eigenvalue weighted by molar-refractivity contribution is -0.149. The summed E-state index contributed by atoms with van der Waals surface area (Å²) in [6.45, 7) is 4.69. The summed E-state index contributed by atoms with van der Waals surface area (Å²) < 4.78 is 27.5. The molecular weight excluding hydrogens is 450 g/mol. The second kappa shape index (κ2) is 10.6. The summed E-state index contributed by atoms with van der Waals surface area (Å²) in [5, 5.41) is 0. The maximum atomic E-state index is 13.5. The molecule has 0 aromatic heterocycles. The lowest BCUT2D eigenvalue weighted by atomic mass is 9.78. The van der Waals surface area contributed by atoms with Gasteiger partial charge in [-0.3, -0.25) is 14.5 Å². The molecule has 8 nitrogen and oxygen atoms in total. The lowest BCUT2D eigenvalue weighted by Crippen LogP contribution is -2.44. The number of esters is 2. The first kappa shape index (κ1) is 24.9. The topological polar surface area (TPSA) is 83.5 Å². The van der Waals surface area contributed by atoms with E-state index in [-0.39, 0.29) is 31.2 Å². The van der Waals surface area contributed by atoms with Crippen molar-refractivity contribution in [2.24, 2.45) is 5.92 Å². The molecule has 0 bridgehead atoms. The number of benzene rings is 2. The molecular formula is C27H33NO7. The average Bonchev–Trinajstić information content (AvgIpc) is 3.24. The molecule has 188 valence electrons. The molecule has 1 fully saturated rings. The Kier molecular flexibility index (Phi) is 7.50. The summed E-state index contributed by atoms with van der Waals surface area (Å²) in [7, 11) is 4.79. The largest absolute Gasteiger partial charge is 0.497 e. The van der Waals surface area contributed by atoms with E-state index in [0.29, 0.717) is 30.2 Å². The molecule has 0 amide bonds. The minimum Gasteiger partial charge on any atom is -0.497 e. The Hall–Kier alpha value is -3.26. The monoisotopic (exact) mass is 483 g/mol. The summed E-state index contributed by atoms with van der Waals surface area (Å²) in [5.74, 6) is 0.173. The van der Waals surface area contributed by atoms with Gasteiger partial charge in [-0.25, -0.2) is 0 Å². The maximum Gasteiger partial charge on any atom is 0.324 e. The van der Waals surface area contributed by atoms with Gasteiger partial charge in [-0.05, 0) is 61.2 Å². The third-order valence-corrected chi connectivity index (χ3v) is 6.97. The molecule has 2 aliphatic heterocycles. The van der Waals surface area contributed by atoms with E-state index in [0.717, 1.165) is 16.7 Å². The van der Waals surface area contributed by atoms with E-state index in [1.807, 2.05) is 36.4 Å². The molecule has 2 aromatic rings. The van der Waals surface area contributed by atoms with Crippen LogP contribution in [0.4, 0.5) is 0 Å². The second-order valence-electron chi connectivity index (χ2n) is 8.61. The molecule has 0 radical (unpaired) electrons. The van der Waals surface area contributed by atoms with Gasteiger partial charge in [0, 0.05) is 12.5 Å². The van der Waals surface area contributed by atoms with Gasteiger partial charge >= 0.3 is 11.9 Å². The van der Waals surface area contributed by atoms with E-state index in [9.17, 15) is 9.59 Å². The van der Waals surface area contributed by atoms with Gasteiger partial charge in [0.15, 0.2) is 11.5 Å². The van der Waals surface area contributed by atoms with Crippen molar-refractivity contribution in [1.82, 2.24) is 4.90 Å². The summed E-state index contributed by atoms with van der Waals surface area (Å²) >= 11 is 0. The van der Waals surface area contributed by atoms with Crippen LogP contribution in [0, 0.1) is 5.92 Å². The molecule has 4 atom stereocenters. The van der Waals surface area contributed by atoms with Gasteiger partial charge in [-0.1, -0.05) is 12.1 Å². The Bertz CT molecular complexity index is 1070.